The van der Waals surface area contributed by atoms with Gasteiger partial charge in [0.15, 0.2) is 0 Å². The van der Waals surface area contributed by atoms with Crippen molar-refractivity contribution in [2.75, 3.05) is 0 Å². The number of aromatic hydroxyl groups is 2. The summed E-state index contributed by atoms with van der Waals surface area (Å²) in [6, 6.07) is 6.16. The summed E-state index contributed by atoms with van der Waals surface area (Å²) in [5.74, 6) is -2.64. The van der Waals surface area contributed by atoms with E-state index < -0.39 is 12.1 Å². The van der Waals surface area contributed by atoms with Crippen molar-refractivity contribution in [3.8, 4) is 23.0 Å². The van der Waals surface area contributed by atoms with Crippen molar-refractivity contribution in [3.63, 3.8) is 0 Å². The van der Waals surface area contributed by atoms with E-state index in [1.165, 1.54) is 19.1 Å². The predicted molar refractivity (Wildman–Crippen MR) is 72.1 cm³/mol. The number of rotatable bonds is 1. The summed E-state index contributed by atoms with van der Waals surface area (Å²) in [6.07, 6.45) is -5.08. The second kappa shape index (κ2) is 6.81. The Kier molecular flexibility index (Phi) is 5.34. The van der Waals surface area contributed by atoms with Crippen molar-refractivity contribution < 1.29 is 33.3 Å². The monoisotopic (exact) mass is 332 g/mol. The third kappa shape index (κ3) is 5.02. The number of hydrogen-bond donors (Lipinski definition) is 4. The molecule has 10 heteroatoms. The van der Waals surface area contributed by atoms with Crippen LogP contribution >= 0.6 is 0 Å². The molecule has 0 saturated carbocycles. The molecule has 0 saturated heterocycles. The van der Waals surface area contributed by atoms with Crippen LogP contribution in [-0.2, 0) is 4.79 Å². The minimum atomic E-state index is -5.08. The molecule has 7 nitrogen and oxygen atoms in total. The number of carbonyl (C=O) groups is 1. The van der Waals surface area contributed by atoms with Crippen molar-refractivity contribution in [2.24, 2.45) is 0 Å². The van der Waals surface area contributed by atoms with Crippen LogP contribution in [0.3, 0.4) is 0 Å². The van der Waals surface area contributed by atoms with Crippen molar-refractivity contribution in [2.45, 2.75) is 13.1 Å². The van der Waals surface area contributed by atoms with Gasteiger partial charge in [0.2, 0.25) is 5.88 Å². The third-order valence-electron chi connectivity index (χ3n) is 2.51. The van der Waals surface area contributed by atoms with Gasteiger partial charge >= 0.3 is 12.1 Å². The lowest BCUT2D eigenvalue weighted by atomic mass is 10.2. The zero-order valence-electron chi connectivity index (χ0n) is 11.5. The Balaban J connectivity index is 0.000000322. The van der Waals surface area contributed by atoms with E-state index in [0.717, 1.165) is 0 Å². The first-order valence-corrected chi connectivity index (χ1v) is 5.91. The fourth-order valence-corrected chi connectivity index (χ4v) is 1.28. The van der Waals surface area contributed by atoms with E-state index in [4.69, 9.17) is 15.0 Å². The van der Waals surface area contributed by atoms with Gasteiger partial charge in [0.1, 0.15) is 11.6 Å². The van der Waals surface area contributed by atoms with E-state index in [0.29, 0.717) is 5.56 Å². The van der Waals surface area contributed by atoms with Gasteiger partial charge < -0.3 is 20.3 Å². The first-order valence-electron chi connectivity index (χ1n) is 5.91. The van der Waals surface area contributed by atoms with Crippen LogP contribution < -0.4 is 5.56 Å². The molecule has 0 radical (unpaired) electrons. The molecule has 1 heterocycles. The molecule has 23 heavy (non-hydrogen) atoms. The smallest absolute Gasteiger partial charge is 0.490 e. The Morgan fingerprint density at radius 1 is 1.17 bits per heavy atom. The summed E-state index contributed by atoms with van der Waals surface area (Å²) in [6.45, 7) is 1.49. The lowest BCUT2D eigenvalue weighted by molar-refractivity contribution is -0.192. The predicted octanol–water partition coefficient (Wildman–Crippen LogP) is 1.79. The van der Waals surface area contributed by atoms with Crippen LogP contribution in [-0.4, -0.2) is 37.4 Å². The van der Waals surface area contributed by atoms with E-state index in [1.807, 2.05) is 0 Å². The Labute approximate surface area is 126 Å². The molecule has 2 rings (SSSR count). The number of phenols is 1. The van der Waals surface area contributed by atoms with Gasteiger partial charge in [-0.25, -0.2) is 4.79 Å². The molecule has 0 amide bonds. The standard InChI is InChI=1S/C11H10N2O3.C2HF3O2/c1-6-10(15)12-9(13-11(6)16)7-2-4-8(14)5-3-7;3-2(4,5)1(6)7/h2-5,14H,1H3,(H2,12,13,15,16);(H,6,7). The second-order valence-electron chi connectivity index (χ2n) is 4.21. The van der Waals surface area contributed by atoms with E-state index in [1.54, 1.807) is 12.1 Å². The van der Waals surface area contributed by atoms with Crippen molar-refractivity contribution in [3.05, 3.63) is 40.2 Å². The van der Waals surface area contributed by atoms with E-state index >= 15 is 0 Å². The highest BCUT2D eigenvalue weighted by atomic mass is 19.4. The maximum atomic E-state index is 11.4. The molecular formula is C13H11F3N2O5. The number of aromatic nitrogens is 2. The highest BCUT2D eigenvalue weighted by molar-refractivity contribution is 5.73. The number of benzene rings is 1. The highest BCUT2D eigenvalue weighted by Crippen LogP contribution is 2.19. The Morgan fingerprint density at radius 2 is 1.65 bits per heavy atom. The van der Waals surface area contributed by atoms with Crippen LogP contribution in [0.15, 0.2) is 29.1 Å². The molecule has 0 bridgehead atoms. The van der Waals surface area contributed by atoms with Crippen LogP contribution in [0.25, 0.3) is 11.4 Å². The minimum Gasteiger partial charge on any atom is -0.508 e. The summed E-state index contributed by atoms with van der Waals surface area (Å²) >= 11 is 0. The quantitative estimate of drug-likeness (QED) is 0.631. The fourth-order valence-electron chi connectivity index (χ4n) is 1.28. The molecule has 0 aliphatic carbocycles. The number of halogens is 3. The molecule has 2 aromatic rings. The summed E-state index contributed by atoms with van der Waals surface area (Å²) in [5, 5.41) is 25.7. The van der Waals surface area contributed by atoms with E-state index in [2.05, 4.69) is 9.97 Å². The van der Waals surface area contributed by atoms with Gasteiger partial charge in [0.05, 0.1) is 5.56 Å². The number of phenolic OH excluding ortho intramolecular Hbond substituents is 1. The van der Waals surface area contributed by atoms with Gasteiger partial charge in [0, 0.05) is 5.56 Å². The topological polar surface area (TPSA) is 124 Å². The normalized spacial score (nSPS) is 10.6. The lowest BCUT2D eigenvalue weighted by Crippen LogP contribution is -2.21. The molecule has 1 aromatic heterocycles. The molecule has 0 spiro atoms. The maximum Gasteiger partial charge on any atom is 0.490 e. The third-order valence-corrected chi connectivity index (χ3v) is 2.51. The van der Waals surface area contributed by atoms with E-state index in [9.17, 15) is 23.1 Å². The number of hydrogen-bond acceptors (Lipinski definition) is 5. The van der Waals surface area contributed by atoms with Gasteiger partial charge in [-0.05, 0) is 31.2 Å². The molecule has 0 fully saturated rings. The van der Waals surface area contributed by atoms with Crippen LogP contribution in [0.2, 0.25) is 0 Å². The van der Waals surface area contributed by atoms with Crippen molar-refractivity contribution in [1.29, 1.82) is 0 Å². The number of carboxylic acids is 1. The Morgan fingerprint density at radius 3 is 2.04 bits per heavy atom. The summed E-state index contributed by atoms with van der Waals surface area (Å²) in [7, 11) is 0. The first kappa shape index (κ1) is 18.0. The number of aliphatic carboxylic acids is 1. The Bertz CT molecular complexity index is 754. The SMILES string of the molecule is Cc1c(O)nc(-c2ccc(O)cc2)[nH]c1=O.O=C(O)C(F)(F)F. The summed E-state index contributed by atoms with van der Waals surface area (Å²) in [5.41, 5.74) is 0.420. The second-order valence-corrected chi connectivity index (χ2v) is 4.21. The molecule has 124 valence electrons. The highest BCUT2D eigenvalue weighted by Gasteiger charge is 2.38. The molecule has 0 atom stereocenters. The largest absolute Gasteiger partial charge is 0.508 e. The van der Waals surface area contributed by atoms with Crippen molar-refractivity contribution >= 4 is 5.97 Å². The van der Waals surface area contributed by atoms with Gasteiger partial charge in [-0.3, -0.25) is 4.79 Å². The number of carboxylic acid groups (broad SMARTS) is 1. The molecule has 0 unspecified atom stereocenters. The number of aromatic amines is 1. The molecular weight excluding hydrogens is 321 g/mol. The minimum absolute atomic E-state index is 0.127. The van der Waals surface area contributed by atoms with Gasteiger partial charge in [-0.15, -0.1) is 0 Å². The van der Waals surface area contributed by atoms with Crippen LogP contribution in [0, 0.1) is 6.92 Å². The average molecular weight is 332 g/mol. The zero-order valence-corrected chi connectivity index (χ0v) is 11.5. The number of nitrogens with zero attached hydrogens (tertiary/aromatic N) is 1. The summed E-state index contributed by atoms with van der Waals surface area (Å²) < 4.78 is 31.7. The molecule has 4 N–H and O–H groups in total. The van der Waals surface area contributed by atoms with Gasteiger partial charge in [0.25, 0.3) is 5.56 Å². The zero-order chi connectivity index (χ0) is 17.8. The summed E-state index contributed by atoms with van der Waals surface area (Å²) in [4.78, 5) is 26.7. The number of alkyl halides is 3. The Hall–Kier alpha value is -3.04. The van der Waals surface area contributed by atoms with Crippen molar-refractivity contribution in [1.82, 2.24) is 9.97 Å². The van der Waals surface area contributed by atoms with Crippen LogP contribution in [0.5, 0.6) is 11.6 Å². The lowest BCUT2D eigenvalue weighted by Gasteiger charge is -2.03. The van der Waals surface area contributed by atoms with Gasteiger partial charge in [-0.1, -0.05) is 0 Å². The first-order chi connectivity index (χ1) is 10.5. The van der Waals surface area contributed by atoms with Crippen LogP contribution in [0.4, 0.5) is 13.2 Å². The molecule has 0 aliphatic heterocycles. The number of H-pyrrole nitrogens is 1. The van der Waals surface area contributed by atoms with Gasteiger partial charge in [-0.2, -0.15) is 18.2 Å². The molecule has 1 aromatic carbocycles. The fraction of sp³-hybridized carbons (Fsp3) is 0.154. The van der Waals surface area contributed by atoms with E-state index in [-0.39, 0.29) is 28.6 Å². The maximum absolute atomic E-state index is 11.4. The average Bonchev–Trinajstić information content (AvgIpc) is 2.44. The van der Waals surface area contributed by atoms with Crippen LogP contribution in [0.1, 0.15) is 5.56 Å². The molecule has 0 aliphatic rings. The number of nitrogens with one attached hydrogen (secondary N) is 1.